The molecule has 1 atom stereocenters. The number of alkyl halides is 4. The van der Waals surface area contributed by atoms with Crippen molar-refractivity contribution < 1.29 is 21.6 Å². The molecule has 108 valence electrons. The molecule has 1 aromatic rings. The predicted molar refractivity (Wildman–Crippen MR) is 68.1 cm³/mol. The largest absolute Gasteiger partial charge is 0.501 e. The Morgan fingerprint density at radius 1 is 1.32 bits per heavy atom. The average Bonchev–Trinajstić information content (AvgIpc) is 2.34. The topological polar surface area (TPSA) is 46.2 Å². The Kier molecular flexibility index (Phi) is 5.09. The summed E-state index contributed by atoms with van der Waals surface area (Å²) in [6.07, 6.45) is 0.614. The molecule has 19 heavy (non-hydrogen) atoms. The fraction of sp³-hybridized carbons (Fsp3) is 0.455. The fourth-order valence-corrected chi connectivity index (χ4v) is 2.35. The maximum atomic E-state index is 12.5. The summed E-state index contributed by atoms with van der Waals surface area (Å²) in [4.78, 5) is -0.789. The van der Waals surface area contributed by atoms with E-state index in [0.29, 0.717) is 6.42 Å². The second kappa shape index (κ2) is 6.00. The molecule has 1 aromatic carbocycles. The minimum atomic E-state index is -5.37. The molecule has 0 amide bonds. The summed E-state index contributed by atoms with van der Waals surface area (Å²) in [5.41, 5.74) is -5.42. The molecule has 0 saturated heterocycles. The smallest absolute Gasteiger partial charge is 0.383 e. The van der Waals surface area contributed by atoms with Crippen molar-refractivity contribution in [2.24, 2.45) is 0 Å². The highest BCUT2D eigenvalue weighted by Gasteiger charge is 2.47. The molecule has 0 aliphatic rings. The van der Waals surface area contributed by atoms with Gasteiger partial charge in [0, 0.05) is 6.54 Å². The van der Waals surface area contributed by atoms with Crippen molar-refractivity contribution in [3.8, 4) is 0 Å². The van der Waals surface area contributed by atoms with Gasteiger partial charge in [0.15, 0.2) is 0 Å². The van der Waals surface area contributed by atoms with Crippen molar-refractivity contribution in [3.05, 3.63) is 24.3 Å². The van der Waals surface area contributed by atoms with Gasteiger partial charge in [-0.3, -0.25) is 0 Å². The Morgan fingerprint density at radius 2 is 1.89 bits per heavy atom. The normalized spacial score (nSPS) is 14.2. The second-order valence-corrected chi connectivity index (χ2v) is 6.36. The number of benzene rings is 1. The summed E-state index contributed by atoms with van der Waals surface area (Å²) < 4.78 is 60.3. The molecule has 0 saturated carbocycles. The third-order valence-corrected chi connectivity index (χ3v) is 4.45. The quantitative estimate of drug-likeness (QED) is 0.847. The number of rotatable bonds is 5. The lowest BCUT2D eigenvalue weighted by Crippen LogP contribution is -2.25. The number of halogens is 4. The van der Waals surface area contributed by atoms with Gasteiger partial charge in [0.1, 0.15) is 0 Å². The molecule has 0 aromatic heterocycles. The minimum absolute atomic E-state index is 0.0982. The van der Waals surface area contributed by atoms with E-state index >= 15 is 0 Å². The maximum Gasteiger partial charge on any atom is 0.501 e. The molecule has 3 nitrogen and oxygen atoms in total. The molecule has 0 bridgehead atoms. The van der Waals surface area contributed by atoms with E-state index in [1.807, 2.05) is 6.92 Å². The van der Waals surface area contributed by atoms with Crippen LogP contribution in [0.1, 0.15) is 13.3 Å². The van der Waals surface area contributed by atoms with E-state index in [0.717, 1.165) is 6.07 Å². The van der Waals surface area contributed by atoms with E-state index in [2.05, 4.69) is 5.32 Å². The SMILES string of the molecule is CCC(Cl)CNc1ccccc1S(=O)(=O)C(F)(F)F. The highest BCUT2D eigenvalue weighted by molar-refractivity contribution is 7.92. The van der Waals surface area contributed by atoms with Crippen LogP contribution in [0.2, 0.25) is 0 Å². The van der Waals surface area contributed by atoms with Gasteiger partial charge in [0.25, 0.3) is 9.84 Å². The Morgan fingerprint density at radius 3 is 2.42 bits per heavy atom. The summed E-state index contributed by atoms with van der Waals surface area (Å²) in [6, 6.07) is 4.88. The van der Waals surface area contributed by atoms with E-state index in [1.54, 1.807) is 0 Å². The molecule has 0 fully saturated rings. The number of hydrogen-bond donors (Lipinski definition) is 1. The van der Waals surface area contributed by atoms with Crippen LogP contribution >= 0.6 is 11.6 Å². The third-order valence-electron chi connectivity index (χ3n) is 2.44. The highest BCUT2D eigenvalue weighted by atomic mass is 35.5. The van der Waals surface area contributed by atoms with E-state index in [9.17, 15) is 21.6 Å². The molecular formula is C11H13ClF3NO2S. The summed E-state index contributed by atoms with van der Waals surface area (Å²) in [5, 5.41) is 2.34. The Balaban J connectivity index is 3.10. The number of hydrogen-bond acceptors (Lipinski definition) is 3. The van der Waals surface area contributed by atoms with Crippen molar-refractivity contribution in [1.82, 2.24) is 0 Å². The summed E-state index contributed by atoms with van der Waals surface area (Å²) >= 11 is 5.84. The summed E-state index contributed by atoms with van der Waals surface area (Å²) in [7, 11) is -5.37. The molecule has 1 N–H and O–H groups in total. The zero-order valence-corrected chi connectivity index (χ0v) is 11.6. The van der Waals surface area contributed by atoms with Gasteiger partial charge in [-0.25, -0.2) is 8.42 Å². The average molecular weight is 316 g/mol. The van der Waals surface area contributed by atoms with E-state index in [1.165, 1.54) is 18.2 Å². The van der Waals surface area contributed by atoms with Crippen LogP contribution in [0.4, 0.5) is 18.9 Å². The molecule has 0 aliphatic heterocycles. The van der Waals surface area contributed by atoms with Crippen LogP contribution in [0.25, 0.3) is 0 Å². The first-order chi connectivity index (χ1) is 8.70. The van der Waals surface area contributed by atoms with Crippen LogP contribution in [0.5, 0.6) is 0 Å². The van der Waals surface area contributed by atoms with Crippen LogP contribution in [-0.4, -0.2) is 25.8 Å². The van der Waals surface area contributed by atoms with E-state index in [4.69, 9.17) is 11.6 Å². The first kappa shape index (κ1) is 16.1. The van der Waals surface area contributed by atoms with Crippen molar-refractivity contribution in [1.29, 1.82) is 0 Å². The number of anilines is 1. The van der Waals surface area contributed by atoms with Crippen molar-refractivity contribution >= 4 is 27.1 Å². The number of nitrogens with one attached hydrogen (secondary N) is 1. The van der Waals surface area contributed by atoms with Crippen molar-refractivity contribution in [2.75, 3.05) is 11.9 Å². The van der Waals surface area contributed by atoms with E-state index in [-0.39, 0.29) is 17.6 Å². The molecule has 1 rings (SSSR count). The molecule has 8 heteroatoms. The zero-order valence-electron chi connectivity index (χ0n) is 10.0. The maximum absolute atomic E-state index is 12.5. The number of para-hydroxylation sites is 1. The van der Waals surface area contributed by atoms with Crippen LogP contribution in [0, 0.1) is 0 Å². The van der Waals surface area contributed by atoms with Crippen LogP contribution in [0.3, 0.4) is 0 Å². The molecule has 0 radical (unpaired) electrons. The molecular weight excluding hydrogens is 303 g/mol. The number of sulfone groups is 1. The third kappa shape index (κ3) is 3.76. The zero-order chi connectivity index (χ0) is 14.7. The molecule has 0 spiro atoms. The monoisotopic (exact) mass is 315 g/mol. The van der Waals surface area contributed by atoms with Gasteiger partial charge in [-0.05, 0) is 18.6 Å². The minimum Gasteiger partial charge on any atom is -0.383 e. The van der Waals surface area contributed by atoms with Gasteiger partial charge in [-0.15, -0.1) is 11.6 Å². The van der Waals surface area contributed by atoms with Crippen LogP contribution < -0.4 is 5.32 Å². The predicted octanol–water partition coefficient (Wildman–Crippen LogP) is 3.41. The van der Waals surface area contributed by atoms with Crippen molar-refractivity contribution in [3.63, 3.8) is 0 Å². The van der Waals surface area contributed by atoms with Gasteiger partial charge < -0.3 is 5.32 Å². The van der Waals surface area contributed by atoms with Crippen LogP contribution in [0.15, 0.2) is 29.2 Å². The molecule has 0 aliphatic carbocycles. The van der Waals surface area contributed by atoms with Gasteiger partial charge in [0.2, 0.25) is 0 Å². The van der Waals surface area contributed by atoms with E-state index < -0.39 is 20.2 Å². The Labute approximate surface area is 114 Å². The highest BCUT2D eigenvalue weighted by Crippen LogP contribution is 2.34. The Hall–Kier alpha value is -0.950. The first-order valence-corrected chi connectivity index (χ1v) is 7.40. The standard InChI is InChI=1S/C11H13ClF3NO2S/c1-2-8(12)7-16-9-5-3-4-6-10(9)19(17,18)11(13,14)15/h3-6,8,16H,2,7H2,1H3. The van der Waals surface area contributed by atoms with Crippen molar-refractivity contribution in [2.45, 2.75) is 29.1 Å². The van der Waals surface area contributed by atoms with Gasteiger partial charge >= 0.3 is 5.51 Å². The molecule has 0 heterocycles. The second-order valence-electron chi connectivity index (χ2n) is 3.83. The van der Waals surface area contributed by atoms with Gasteiger partial charge in [-0.2, -0.15) is 13.2 Å². The Bertz CT molecular complexity index is 531. The van der Waals surface area contributed by atoms with Crippen LogP contribution in [-0.2, 0) is 9.84 Å². The lowest BCUT2D eigenvalue weighted by atomic mass is 10.3. The summed E-state index contributed by atoms with van der Waals surface area (Å²) in [6.45, 7) is 2.00. The first-order valence-electron chi connectivity index (χ1n) is 5.48. The summed E-state index contributed by atoms with van der Waals surface area (Å²) in [5.74, 6) is 0. The lowest BCUT2D eigenvalue weighted by Gasteiger charge is -2.15. The molecule has 1 unspecified atom stereocenters. The lowest BCUT2D eigenvalue weighted by molar-refractivity contribution is -0.0435. The van der Waals surface area contributed by atoms with Gasteiger partial charge in [0.05, 0.1) is 16.0 Å². The fourth-order valence-electron chi connectivity index (χ4n) is 1.34. The van der Waals surface area contributed by atoms with Gasteiger partial charge in [-0.1, -0.05) is 19.1 Å².